The molecule has 1 aliphatic heterocycles. The van der Waals surface area contributed by atoms with Gasteiger partial charge in [-0.25, -0.2) is 0 Å². The van der Waals surface area contributed by atoms with Crippen LogP contribution in [0.1, 0.15) is 44.5 Å². The minimum Gasteiger partial charge on any atom is -0.374 e. The molecule has 4 nitrogen and oxygen atoms in total. The Balaban J connectivity index is 2.10. The van der Waals surface area contributed by atoms with Gasteiger partial charge in [-0.2, -0.15) is 5.10 Å². The number of ether oxygens (including phenoxy) is 1. The minimum atomic E-state index is 0.318. The fourth-order valence-electron chi connectivity index (χ4n) is 2.90. The summed E-state index contributed by atoms with van der Waals surface area (Å²) in [5.74, 6) is 0. The fourth-order valence-corrected chi connectivity index (χ4v) is 3.40. The van der Waals surface area contributed by atoms with Crippen LogP contribution in [0.2, 0.25) is 0 Å². The van der Waals surface area contributed by atoms with E-state index in [1.807, 2.05) is 18.7 Å². The molecule has 2 rings (SSSR count). The van der Waals surface area contributed by atoms with Gasteiger partial charge in [-0.3, -0.25) is 4.68 Å². The van der Waals surface area contributed by atoms with Crippen molar-refractivity contribution in [3.8, 4) is 0 Å². The molecule has 114 valence electrons. The molecule has 1 N–H and O–H groups in total. The summed E-state index contributed by atoms with van der Waals surface area (Å²) in [6.45, 7) is 7.44. The van der Waals surface area contributed by atoms with Gasteiger partial charge in [0, 0.05) is 19.5 Å². The average molecular weight is 344 g/mol. The van der Waals surface area contributed by atoms with Crippen LogP contribution < -0.4 is 5.32 Å². The Bertz CT molecular complexity index is 447. The number of aromatic nitrogens is 2. The maximum atomic E-state index is 6.07. The summed E-state index contributed by atoms with van der Waals surface area (Å²) < 4.78 is 9.19. The van der Waals surface area contributed by atoms with Crippen molar-refractivity contribution in [2.45, 2.75) is 64.7 Å². The van der Waals surface area contributed by atoms with Gasteiger partial charge in [0.25, 0.3) is 0 Å². The minimum absolute atomic E-state index is 0.318. The van der Waals surface area contributed by atoms with Crippen LogP contribution in [0.3, 0.4) is 0 Å². The van der Waals surface area contributed by atoms with E-state index in [9.17, 15) is 0 Å². The number of aryl methyl sites for hydroxylation is 2. The molecular formula is C15H26BrN3O. The standard InChI is InChI=1S/C15H26BrN3O/c1-5-8-17-12(14-7-6-10(2)20-14)9-13-15(16)11(3)18-19(13)4/h10,12,14,17H,5-9H2,1-4H3. The SMILES string of the molecule is CCCNC(Cc1c(Br)c(C)nn1C)C1CCC(C)O1. The predicted octanol–water partition coefficient (Wildman–Crippen LogP) is 2.97. The molecule has 1 aromatic heterocycles. The van der Waals surface area contributed by atoms with Gasteiger partial charge in [-0.15, -0.1) is 0 Å². The average Bonchev–Trinajstić information content (AvgIpc) is 2.93. The van der Waals surface area contributed by atoms with E-state index in [1.165, 1.54) is 12.1 Å². The lowest BCUT2D eigenvalue weighted by molar-refractivity contribution is 0.0316. The van der Waals surface area contributed by atoms with Gasteiger partial charge in [0.1, 0.15) is 0 Å². The molecule has 1 saturated heterocycles. The van der Waals surface area contributed by atoms with E-state index in [2.05, 4.69) is 40.2 Å². The Labute approximate surface area is 130 Å². The van der Waals surface area contributed by atoms with Crippen LogP contribution in [0.5, 0.6) is 0 Å². The van der Waals surface area contributed by atoms with Crippen LogP contribution in [0, 0.1) is 6.92 Å². The number of nitrogens with one attached hydrogen (secondary N) is 1. The fraction of sp³-hybridized carbons (Fsp3) is 0.800. The molecule has 1 aliphatic rings. The van der Waals surface area contributed by atoms with Gasteiger partial charge in [0.2, 0.25) is 0 Å². The second-order valence-electron chi connectivity index (χ2n) is 5.80. The van der Waals surface area contributed by atoms with E-state index in [4.69, 9.17) is 4.74 Å². The van der Waals surface area contributed by atoms with E-state index in [1.54, 1.807) is 0 Å². The van der Waals surface area contributed by atoms with E-state index in [0.29, 0.717) is 18.2 Å². The predicted molar refractivity (Wildman–Crippen MR) is 85.0 cm³/mol. The smallest absolute Gasteiger partial charge is 0.0738 e. The second kappa shape index (κ2) is 7.05. The molecule has 20 heavy (non-hydrogen) atoms. The summed E-state index contributed by atoms with van der Waals surface area (Å²) in [6, 6.07) is 0.367. The molecule has 1 aromatic rings. The summed E-state index contributed by atoms with van der Waals surface area (Å²) in [5.41, 5.74) is 2.30. The van der Waals surface area contributed by atoms with Gasteiger partial charge >= 0.3 is 0 Å². The first-order valence-corrected chi connectivity index (χ1v) is 8.39. The van der Waals surface area contributed by atoms with E-state index < -0.39 is 0 Å². The Morgan fingerprint density at radius 2 is 2.25 bits per heavy atom. The molecule has 0 radical (unpaired) electrons. The van der Waals surface area contributed by atoms with Gasteiger partial charge in [0.05, 0.1) is 28.1 Å². The van der Waals surface area contributed by atoms with Gasteiger partial charge < -0.3 is 10.1 Å². The van der Waals surface area contributed by atoms with Crippen molar-refractivity contribution in [1.82, 2.24) is 15.1 Å². The molecule has 0 aromatic carbocycles. The summed E-state index contributed by atoms with van der Waals surface area (Å²) in [4.78, 5) is 0. The molecule has 5 heteroatoms. The molecule has 0 bridgehead atoms. The number of rotatable bonds is 6. The zero-order valence-corrected chi connectivity index (χ0v) is 14.5. The molecule has 0 saturated carbocycles. The molecule has 0 amide bonds. The summed E-state index contributed by atoms with van der Waals surface area (Å²) in [7, 11) is 2.02. The summed E-state index contributed by atoms with van der Waals surface area (Å²) in [6.07, 6.45) is 5.12. The van der Waals surface area contributed by atoms with Crippen LogP contribution in [0.15, 0.2) is 4.47 Å². The van der Waals surface area contributed by atoms with Crippen LogP contribution in [0.25, 0.3) is 0 Å². The highest BCUT2D eigenvalue weighted by Crippen LogP contribution is 2.27. The first kappa shape index (κ1) is 16.0. The maximum Gasteiger partial charge on any atom is 0.0738 e. The molecule has 1 fully saturated rings. The molecule has 3 atom stereocenters. The number of hydrogen-bond acceptors (Lipinski definition) is 3. The van der Waals surface area contributed by atoms with E-state index >= 15 is 0 Å². The first-order valence-electron chi connectivity index (χ1n) is 7.59. The zero-order chi connectivity index (χ0) is 14.7. The maximum absolute atomic E-state index is 6.07. The third-order valence-corrected chi connectivity index (χ3v) is 5.08. The van der Waals surface area contributed by atoms with E-state index in [-0.39, 0.29) is 0 Å². The van der Waals surface area contributed by atoms with Crippen molar-refractivity contribution in [1.29, 1.82) is 0 Å². The normalized spacial score (nSPS) is 24.2. The Kier molecular flexibility index (Phi) is 5.64. The third kappa shape index (κ3) is 3.62. The number of nitrogens with zero attached hydrogens (tertiary/aromatic N) is 2. The Hall–Kier alpha value is -0.390. The number of halogens is 1. The van der Waals surface area contributed by atoms with Crippen LogP contribution in [0.4, 0.5) is 0 Å². The van der Waals surface area contributed by atoms with Crippen molar-refractivity contribution >= 4 is 15.9 Å². The lowest BCUT2D eigenvalue weighted by atomic mass is 10.0. The molecule has 0 aliphatic carbocycles. The highest BCUT2D eigenvalue weighted by Gasteiger charge is 2.30. The van der Waals surface area contributed by atoms with Gasteiger partial charge in [-0.1, -0.05) is 6.92 Å². The van der Waals surface area contributed by atoms with Crippen molar-refractivity contribution in [2.24, 2.45) is 7.05 Å². The monoisotopic (exact) mass is 343 g/mol. The quantitative estimate of drug-likeness (QED) is 0.862. The lowest BCUT2D eigenvalue weighted by Crippen LogP contribution is -2.42. The van der Waals surface area contributed by atoms with E-state index in [0.717, 1.165) is 36.0 Å². The first-order chi connectivity index (χ1) is 9.52. The molecule has 0 spiro atoms. The summed E-state index contributed by atoms with van der Waals surface area (Å²) >= 11 is 3.67. The largest absolute Gasteiger partial charge is 0.374 e. The Morgan fingerprint density at radius 1 is 1.50 bits per heavy atom. The summed E-state index contributed by atoms with van der Waals surface area (Å²) in [5, 5.41) is 8.14. The van der Waals surface area contributed by atoms with Crippen molar-refractivity contribution < 1.29 is 4.74 Å². The molecule has 3 unspecified atom stereocenters. The highest BCUT2D eigenvalue weighted by molar-refractivity contribution is 9.10. The molecule has 2 heterocycles. The lowest BCUT2D eigenvalue weighted by Gasteiger charge is -2.25. The van der Waals surface area contributed by atoms with Crippen LogP contribution in [-0.2, 0) is 18.2 Å². The van der Waals surface area contributed by atoms with Crippen LogP contribution in [-0.4, -0.2) is 34.6 Å². The number of hydrogen-bond donors (Lipinski definition) is 1. The highest BCUT2D eigenvalue weighted by atomic mass is 79.9. The third-order valence-electron chi connectivity index (χ3n) is 4.05. The second-order valence-corrected chi connectivity index (χ2v) is 6.59. The van der Waals surface area contributed by atoms with Gasteiger partial charge in [-0.05, 0) is 55.6 Å². The van der Waals surface area contributed by atoms with Crippen LogP contribution >= 0.6 is 15.9 Å². The Morgan fingerprint density at radius 3 is 2.75 bits per heavy atom. The topological polar surface area (TPSA) is 39.1 Å². The van der Waals surface area contributed by atoms with Crippen molar-refractivity contribution in [2.75, 3.05) is 6.54 Å². The van der Waals surface area contributed by atoms with Gasteiger partial charge in [0.15, 0.2) is 0 Å². The zero-order valence-electron chi connectivity index (χ0n) is 12.9. The molecular weight excluding hydrogens is 318 g/mol. The van der Waals surface area contributed by atoms with Crippen molar-refractivity contribution in [3.63, 3.8) is 0 Å². The van der Waals surface area contributed by atoms with Crippen molar-refractivity contribution in [3.05, 3.63) is 15.9 Å².